The van der Waals surface area contributed by atoms with Crippen LogP contribution in [0.4, 0.5) is 9.80 Å². The molecule has 0 radical (unpaired) electrons. The molecule has 1 aliphatic carbocycles. The summed E-state index contributed by atoms with van der Waals surface area (Å²) in [6.07, 6.45) is 1.39. The molecule has 1 unspecified atom stereocenters. The maximum Gasteiger partial charge on any atom is 0.415 e. The number of thiophene rings is 1. The van der Waals surface area contributed by atoms with Crippen LogP contribution < -0.4 is 10.2 Å². The lowest BCUT2D eigenvalue weighted by Crippen LogP contribution is -2.35. The van der Waals surface area contributed by atoms with Crippen LogP contribution in [0.25, 0.3) is 0 Å². The van der Waals surface area contributed by atoms with Crippen molar-refractivity contribution >= 4 is 28.3 Å². The predicted octanol–water partition coefficient (Wildman–Crippen LogP) is 1.60. The first kappa shape index (κ1) is 11.5. The summed E-state index contributed by atoms with van der Waals surface area (Å²) in [5, 5.41) is 5.64. The van der Waals surface area contributed by atoms with Crippen LogP contribution in [-0.2, 0) is 9.53 Å². The number of nitrogens with one attached hydrogen (secondary N) is 1. The van der Waals surface area contributed by atoms with Crippen LogP contribution in [0.5, 0.6) is 0 Å². The smallest absolute Gasteiger partial charge is 0.415 e. The molecule has 1 aromatic rings. The lowest BCUT2D eigenvalue weighted by Gasteiger charge is -2.10. The SMILES string of the molecule is O=C(NCC1CN(c2cccs2)C(=O)O1)C1CC1. The summed E-state index contributed by atoms with van der Waals surface area (Å²) in [7, 11) is 0. The predicted molar refractivity (Wildman–Crippen MR) is 67.7 cm³/mol. The lowest BCUT2D eigenvalue weighted by molar-refractivity contribution is -0.122. The molecule has 1 aromatic heterocycles. The minimum Gasteiger partial charge on any atom is -0.442 e. The van der Waals surface area contributed by atoms with E-state index in [0.717, 1.165) is 17.8 Å². The molecule has 18 heavy (non-hydrogen) atoms. The summed E-state index contributed by atoms with van der Waals surface area (Å²) in [4.78, 5) is 24.8. The summed E-state index contributed by atoms with van der Waals surface area (Å²) in [6, 6.07) is 3.78. The van der Waals surface area contributed by atoms with Gasteiger partial charge in [-0.25, -0.2) is 4.79 Å². The molecular formula is C12H14N2O3S. The Bertz CT molecular complexity index is 456. The average molecular weight is 266 g/mol. The number of hydrogen-bond donors (Lipinski definition) is 1. The van der Waals surface area contributed by atoms with Gasteiger partial charge in [-0.2, -0.15) is 0 Å². The minimum absolute atomic E-state index is 0.0839. The standard InChI is InChI=1S/C12H14N2O3S/c15-11(8-3-4-8)13-6-9-7-14(12(16)17-9)10-2-1-5-18-10/h1-2,5,8-9H,3-4,6-7H2,(H,13,15). The number of carbonyl (C=O) groups excluding carboxylic acids is 2. The maximum atomic E-state index is 11.7. The van der Waals surface area contributed by atoms with Gasteiger partial charge in [0.25, 0.3) is 0 Å². The average Bonchev–Trinajstić information content (AvgIpc) is 2.94. The van der Waals surface area contributed by atoms with Crippen LogP contribution in [0.1, 0.15) is 12.8 Å². The number of cyclic esters (lactones) is 1. The van der Waals surface area contributed by atoms with Gasteiger partial charge in [0, 0.05) is 5.92 Å². The quantitative estimate of drug-likeness (QED) is 0.900. The Hall–Kier alpha value is -1.56. The van der Waals surface area contributed by atoms with E-state index < -0.39 is 0 Å². The fourth-order valence-electron chi connectivity index (χ4n) is 1.94. The molecule has 6 heteroatoms. The van der Waals surface area contributed by atoms with E-state index in [9.17, 15) is 9.59 Å². The molecule has 2 amide bonds. The van der Waals surface area contributed by atoms with Gasteiger partial charge in [-0.15, -0.1) is 11.3 Å². The van der Waals surface area contributed by atoms with E-state index in [1.54, 1.807) is 4.90 Å². The van der Waals surface area contributed by atoms with E-state index in [0.29, 0.717) is 13.1 Å². The van der Waals surface area contributed by atoms with E-state index in [-0.39, 0.29) is 24.0 Å². The molecule has 0 bridgehead atoms. The van der Waals surface area contributed by atoms with E-state index in [4.69, 9.17) is 4.74 Å². The van der Waals surface area contributed by atoms with Crippen LogP contribution in [0.3, 0.4) is 0 Å². The third kappa shape index (κ3) is 2.33. The van der Waals surface area contributed by atoms with Crippen LogP contribution in [0.2, 0.25) is 0 Å². The molecule has 1 atom stereocenters. The highest BCUT2D eigenvalue weighted by Gasteiger charge is 2.34. The number of anilines is 1. The van der Waals surface area contributed by atoms with Gasteiger partial charge in [0.2, 0.25) is 5.91 Å². The van der Waals surface area contributed by atoms with Crippen molar-refractivity contribution in [2.45, 2.75) is 18.9 Å². The van der Waals surface area contributed by atoms with Gasteiger partial charge in [-0.1, -0.05) is 0 Å². The van der Waals surface area contributed by atoms with Gasteiger partial charge in [-0.3, -0.25) is 9.69 Å². The molecule has 1 saturated carbocycles. The highest BCUT2D eigenvalue weighted by Crippen LogP contribution is 2.29. The summed E-state index contributed by atoms with van der Waals surface area (Å²) in [5.74, 6) is 0.274. The van der Waals surface area contributed by atoms with E-state index in [1.165, 1.54) is 11.3 Å². The number of nitrogens with zero attached hydrogens (tertiary/aromatic N) is 1. The van der Waals surface area contributed by atoms with Gasteiger partial charge in [0.1, 0.15) is 11.1 Å². The third-order valence-electron chi connectivity index (χ3n) is 3.10. The van der Waals surface area contributed by atoms with Crippen molar-refractivity contribution in [3.05, 3.63) is 17.5 Å². The summed E-state index contributed by atoms with van der Waals surface area (Å²) >= 11 is 1.50. The number of amides is 2. The molecule has 3 rings (SSSR count). The third-order valence-corrected chi connectivity index (χ3v) is 3.99. The Kier molecular flexibility index (Phi) is 2.95. The van der Waals surface area contributed by atoms with Crippen molar-refractivity contribution in [2.75, 3.05) is 18.0 Å². The Labute approximate surface area is 109 Å². The Morgan fingerprint density at radius 1 is 1.56 bits per heavy atom. The molecule has 5 nitrogen and oxygen atoms in total. The topological polar surface area (TPSA) is 58.6 Å². The second-order valence-electron chi connectivity index (χ2n) is 4.59. The molecule has 0 aromatic carbocycles. The highest BCUT2D eigenvalue weighted by atomic mass is 32.1. The Morgan fingerprint density at radius 2 is 2.39 bits per heavy atom. The molecule has 0 spiro atoms. The molecule has 1 aliphatic heterocycles. The largest absolute Gasteiger partial charge is 0.442 e. The number of rotatable bonds is 4. The second-order valence-corrected chi connectivity index (χ2v) is 5.51. The fourth-order valence-corrected chi connectivity index (χ4v) is 2.67. The zero-order valence-electron chi connectivity index (χ0n) is 9.80. The second kappa shape index (κ2) is 4.61. The number of carbonyl (C=O) groups is 2. The van der Waals surface area contributed by atoms with Crippen LogP contribution in [-0.4, -0.2) is 31.2 Å². The molecular weight excluding hydrogens is 252 g/mol. The monoisotopic (exact) mass is 266 g/mol. The van der Waals surface area contributed by atoms with E-state index >= 15 is 0 Å². The first-order chi connectivity index (χ1) is 8.74. The van der Waals surface area contributed by atoms with Crippen LogP contribution in [0.15, 0.2) is 17.5 Å². The highest BCUT2D eigenvalue weighted by molar-refractivity contribution is 7.14. The van der Waals surface area contributed by atoms with E-state index in [1.807, 2.05) is 17.5 Å². The summed E-state index contributed by atoms with van der Waals surface area (Å²) in [5.41, 5.74) is 0. The van der Waals surface area contributed by atoms with Crippen molar-refractivity contribution in [1.82, 2.24) is 5.32 Å². The van der Waals surface area contributed by atoms with Crippen molar-refractivity contribution in [3.63, 3.8) is 0 Å². The summed E-state index contributed by atoms with van der Waals surface area (Å²) in [6.45, 7) is 0.910. The lowest BCUT2D eigenvalue weighted by atomic mass is 10.3. The maximum absolute atomic E-state index is 11.7. The molecule has 2 heterocycles. The van der Waals surface area contributed by atoms with Crippen molar-refractivity contribution in [1.29, 1.82) is 0 Å². The van der Waals surface area contributed by atoms with Crippen molar-refractivity contribution in [2.24, 2.45) is 5.92 Å². The van der Waals surface area contributed by atoms with Gasteiger partial charge in [-0.05, 0) is 30.4 Å². The van der Waals surface area contributed by atoms with Crippen LogP contribution in [0, 0.1) is 5.92 Å². The van der Waals surface area contributed by atoms with Gasteiger partial charge in [0.15, 0.2) is 0 Å². The Balaban J connectivity index is 1.53. The minimum atomic E-state index is -0.330. The Morgan fingerprint density at radius 3 is 3.06 bits per heavy atom. The number of ether oxygens (including phenoxy) is 1. The van der Waals surface area contributed by atoms with Crippen molar-refractivity contribution in [3.8, 4) is 0 Å². The first-order valence-corrected chi connectivity index (χ1v) is 6.91. The van der Waals surface area contributed by atoms with Crippen LogP contribution >= 0.6 is 11.3 Å². The molecule has 1 N–H and O–H groups in total. The van der Waals surface area contributed by atoms with Gasteiger partial charge >= 0.3 is 6.09 Å². The first-order valence-electron chi connectivity index (χ1n) is 6.03. The molecule has 2 aliphatic rings. The summed E-state index contributed by atoms with van der Waals surface area (Å²) < 4.78 is 5.23. The molecule has 1 saturated heterocycles. The van der Waals surface area contributed by atoms with Gasteiger partial charge < -0.3 is 10.1 Å². The zero-order chi connectivity index (χ0) is 12.5. The van der Waals surface area contributed by atoms with Gasteiger partial charge in [0.05, 0.1) is 13.1 Å². The fraction of sp³-hybridized carbons (Fsp3) is 0.500. The molecule has 96 valence electrons. The molecule has 2 fully saturated rings. The van der Waals surface area contributed by atoms with Crippen molar-refractivity contribution < 1.29 is 14.3 Å². The zero-order valence-corrected chi connectivity index (χ0v) is 10.6. The normalized spacial score (nSPS) is 23.0. The number of hydrogen-bond acceptors (Lipinski definition) is 4. The van der Waals surface area contributed by atoms with E-state index in [2.05, 4.69) is 5.32 Å².